The van der Waals surface area contributed by atoms with Crippen LogP contribution >= 0.6 is 11.6 Å². The van der Waals surface area contributed by atoms with Gasteiger partial charge in [-0.2, -0.15) is 5.26 Å². The van der Waals surface area contributed by atoms with Gasteiger partial charge in [-0.25, -0.2) is 4.39 Å². The van der Waals surface area contributed by atoms with Crippen molar-refractivity contribution in [2.45, 2.75) is 0 Å². The Hall–Kier alpha value is -3.37. The van der Waals surface area contributed by atoms with Crippen LogP contribution in [0.3, 0.4) is 0 Å². The molecule has 2 rings (SSSR count). The number of benzene rings is 2. The highest BCUT2D eigenvalue weighted by molar-refractivity contribution is 6.32. The van der Waals surface area contributed by atoms with E-state index >= 15 is 0 Å². The first-order chi connectivity index (χ1) is 12.9. The molecule has 6 nitrogen and oxygen atoms in total. The van der Waals surface area contributed by atoms with Crippen LogP contribution in [-0.2, 0) is 9.59 Å². The van der Waals surface area contributed by atoms with E-state index in [1.807, 2.05) is 0 Å². The molecule has 0 bridgehead atoms. The third-order valence-corrected chi connectivity index (χ3v) is 3.66. The molecule has 0 saturated heterocycles. The molecule has 138 valence electrons. The van der Waals surface area contributed by atoms with Gasteiger partial charge in [0.25, 0.3) is 11.8 Å². The molecule has 2 aromatic rings. The molecular weight excluding hydrogens is 373 g/mol. The van der Waals surface area contributed by atoms with Crippen molar-refractivity contribution in [1.29, 1.82) is 5.26 Å². The predicted octanol–water partition coefficient (Wildman–Crippen LogP) is 3.15. The minimum absolute atomic E-state index is 0.0518. The first-order valence-electron chi connectivity index (χ1n) is 7.75. The van der Waals surface area contributed by atoms with E-state index in [1.165, 1.54) is 43.5 Å². The highest BCUT2D eigenvalue weighted by Gasteiger charge is 2.10. The summed E-state index contributed by atoms with van der Waals surface area (Å²) in [5.41, 5.74) is 0.491. The second-order valence-electron chi connectivity index (χ2n) is 5.26. The van der Waals surface area contributed by atoms with Crippen molar-refractivity contribution >= 4 is 35.2 Å². The number of carbonyl (C=O) groups is 2. The minimum Gasteiger partial charge on any atom is -0.482 e. The summed E-state index contributed by atoms with van der Waals surface area (Å²) in [6.45, 7) is -0.370. The number of ether oxygens (including phenoxy) is 1. The summed E-state index contributed by atoms with van der Waals surface area (Å²) < 4.78 is 18.8. The van der Waals surface area contributed by atoms with Gasteiger partial charge in [-0.15, -0.1) is 0 Å². The number of nitriles is 1. The Morgan fingerprint density at radius 3 is 2.67 bits per heavy atom. The Bertz CT molecular complexity index is 938. The normalized spacial score (nSPS) is 10.7. The highest BCUT2D eigenvalue weighted by atomic mass is 35.5. The predicted molar refractivity (Wildman–Crippen MR) is 99.6 cm³/mol. The molecule has 8 heteroatoms. The Morgan fingerprint density at radius 1 is 1.30 bits per heavy atom. The number of likely N-dealkylation sites (N-methyl/N-ethyl adjacent to an activating group) is 1. The standard InChI is InChI=1S/C19H15ClFN3O3/c1-23-19(26)13(10-22)8-12-6-7-17(14(20)9-12)27-11-18(25)24-16-5-3-2-4-15(16)21/h2-9H,11H2,1H3,(H,23,26)(H,24,25). The Labute approximate surface area is 160 Å². The number of nitrogens with zero attached hydrogens (tertiary/aromatic N) is 1. The van der Waals surface area contributed by atoms with Gasteiger partial charge in [0.05, 0.1) is 10.7 Å². The number of rotatable bonds is 6. The van der Waals surface area contributed by atoms with Gasteiger partial charge in [0.2, 0.25) is 0 Å². The van der Waals surface area contributed by atoms with Crippen molar-refractivity contribution in [3.8, 4) is 11.8 Å². The quantitative estimate of drug-likeness (QED) is 0.588. The van der Waals surface area contributed by atoms with Crippen LogP contribution in [0.1, 0.15) is 5.56 Å². The van der Waals surface area contributed by atoms with Crippen molar-refractivity contribution in [3.05, 3.63) is 64.4 Å². The van der Waals surface area contributed by atoms with Gasteiger partial charge in [-0.05, 0) is 35.9 Å². The number of hydrogen-bond acceptors (Lipinski definition) is 4. The van der Waals surface area contributed by atoms with E-state index in [4.69, 9.17) is 21.6 Å². The van der Waals surface area contributed by atoms with E-state index < -0.39 is 17.6 Å². The highest BCUT2D eigenvalue weighted by Crippen LogP contribution is 2.26. The molecule has 0 aliphatic carbocycles. The zero-order valence-electron chi connectivity index (χ0n) is 14.3. The summed E-state index contributed by atoms with van der Waals surface area (Å²) in [5.74, 6) is -1.38. The second-order valence-corrected chi connectivity index (χ2v) is 5.66. The molecule has 0 atom stereocenters. The SMILES string of the molecule is CNC(=O)C(C#N)=Cc1ccc(OCC(=O)Nc2ccccc2F)c(Cl)c1. The first kappa shape index (κ1) is 19.9. The first-order valence-corrected chi connectivity index (χ1v) is 8.13. The third kappa shape index (κ3) is 5.56. The van der Waals surface area contributed by atoms with E-state index in [0.717, 1.165) is 0 Å². The van der Waals surface area contributed by atoms with Crippen LogP contribution in [0.4, 0.5) is 10.1 Å². The largest absolute Gasteiger partial charge is 0.482 e. The van der Waals surface area contributed by atoms with Crippen LogP contribution in [0.5, 0.6) is 5.75 Å². The number of halogens is 2. The summed E-state index contributed by atoms with van der Waals surface area (Å²) >= 11 is 6.11. The van der Waals surface area contributed by atoms with Gasteiger partial charge in [0, 0.05) is 7.05 Å². The monoisotopic (exact) mass is 387 g/mol. The third-order valence-electron chi connectivity index (χ3n) is 3.37. The van der Waals surface area contributed by atoms with E-state index in [0.29, 0.717) is 5.56 Å². The van der Waals surface area contributed by atoms with Gasteiger partial charge >= 0.3 is 0 Å². The van der Waals surface area contributed by atoms with Gasteiger partial charge in [-0.3, -0.25) is 9.59 Å². The summed E-state index contributed by atoms with van der Waals surface area (Å²) in [6, 6.07) is 12.1. The molecule has 2 amide bonds. The molecular formula is C19H15ClFN3O3. The lowest BCUT2D eigenvalue weighted by Gasteiger charge is -2.10. The number of amides is 2. The lowest BCUT2D eigenvalue weighted by Crippen LogP contribution is -2.20. The van der Waals surface area contributed by atoms with Crippen LogP contribution in [0, 0.1) is 17.1 Å². The molecule has 0 aromatic heterocycles. The molecule has 0 heterocycles. The molecule has 0 aliphatic rings. The van der Waals surface area contributed by atoms with Crippen LogP contribution in [0.25, 0.3) is 6.08 Å². The fourth-order valence-corrected chi connectivity index (χ4v) is 2.31. The van der Waals surface area contributed by atoms with Gasteiger partial charge < -0.3 is 15.4 Å². The second kappa shape index (κ2) is 9.36. The number of para-hydroxylation sites is 1. The fraction of sp³-hybridized carbons (Fsp3) is 0.105. The molecule has 0 saturated carbocycles. The summed E-state index contributed by atoms with van der Waals surface area (Å²) in [7, 11) is 1.42. The van der Waals surface area contributed by atoms with Crippen molar-refractivity contribution in [1.82, 2.24) is 5.32 Å². The smallest absolute Gasteiger partial charge is 0.262 e. The number of hydrogen-bond donors (Lipinski definition) is 2. The molecule has 0 spiro atoms. The fourth-order valence-electron chi connectivity index (χ4n) is 2.07. The number of carbonyl (C=O) groups excluding carboxylic acids is 2. The van der Waals surface area contributed by atoms with Crippen molar-refractivity contribution in [2.75, 3.05) is 19.0 Å². The minimum atomic E-state index is -0.551. The lowest BCUT2D eigenvalue weighted by molar-refractivity contribution is -0.118. The maximum absolute atomic E-state index is 13.5. The molecule has 0 aliphatic heterocycles. The number of nitrogens with one attached hydrogen (secondary N) is 2. The zero-order valence-corrected chi connectivity index (χ0v) is 15.0. The zero-order chi connectivity index (χ0) is 19.8. The topological polar surface area (TPSA) is 91.2 Å². The van der Waals surface area contributed by atoms with Crippen molar-refractivity contribution in [2.24, 2.45) is 0 Å². The summed E-state index contributed by atoms with van der Waals surface area (Å²) in [5, 5.41) is 13.9. The maximum Gasteiger partial charge on any atom is 0.262 e. The van der Waals surface area contributed by atoms with E-state index in [2.05, 4.69) is 10.6 Å². The number of anilines is 1. The lowest BCUT2D eigenvalue weighted by atomic mass is 10.1. The molecule has 2 N–H and O–H groups in total. The average molecular weight is 388 g/mol. The van der Waals surface area contributed by atoms with Crippen LogP contribution in [0.15, 0.2) is 48.0 Å². The molecule has 0 radical (unpaired) electrons. The molecule has 27 heavy (non-hydrogen) atoms. The summed E-state index contributed by atoms with van der Waals surface area (Å²) in [6.07, 6.45) is 1.37. The molecule has 2 aromatic carbocycles. The average Bonchev–Trinajstić information content (AvgIpc) is 2.66. The van der Waals surface area contributed by atoms with Gasteiger partial charge in [-0.1, -0.05) is 29.8 Å². The Morgan fingerprint density at radius 2 is 2.04 bits per heavy atom. The van der Waals surface area contributed by atoms with Crippen LogP contribution in [0.2, 0.25) is 5.02 Å². The Kier molecular flexibility index (Phi) is 6.92. The van der Waals surface area contributed by atoms with Crippen molar-refractivity contribution < 1.29 is 18.7 Å². The van der Waals surface area contributed by atoms with Gasteiger partial charge in [0.15, 0.2) is 6.61 Å². The van der Waals surface area contributed by atoms with Crippen LogP contribution < -0.4 is 15.4 Å². The van der Waals surface area contributed by atoms with E-state index in [-0.39, 0.29) is 28.6 Å². The van der Waals surface area contributed by atoms with Gasteiger partial charge in [0.1, 0.15) is 23.2 Å². The van der Waals surface area contributed by atoms with E-state index in [1.54, 1.807) is 18.2 Å². The van der Waals surface area contributed by atoms with Crippen molar-refractivity contribution in [3.63, 3.8) is 0 Å². The summed E-state index contributed by atoms with van der Waals surface area (Å²) in [4.78, 5) is 23.4. The van der Waals surface area contributed by atoms with E-state index in [9.17, 15) is 14.0 Å². The molecule has 0 unspecified atom stereocenters. The maximum atomic E-state index is 13.5. The Balaban J connectivity index is 2.03. The van der Waals surface area contributed by atoms with Crippen LogP contribution in [-0.4, -0.2) is 25.5 Å². The molecule has 0 fully saturated rings.